The summed E-state index contributed by atoms with van der Waals surface area (Å²) in [5, 5.41) is 0. The zero-order valence-electron chi connectivity index (χ0n) is 8.58. The predicted molar refractivity (Wildman–Crippen MR) is 62.6 cm³/mol. The topological polar surface area (TPSA) is 42.9 Å². The summed E-state index contributed by atoms with van der Waals surface area (Å²) in [6.07, 6.45) is 7.38. The molecule has 0 N–H and O–H groups in total. The predicted octanol–water partition coefficient (Wildman–Crippen LogP) is 2.36. The lowest BCUT2D eigenvalue weighted by molar-refractivity contribution is -0.104. The molecule has 2 aromatic rings. The number of carbonyl (C=O) groups excluding carboxylic acids is 1. The number of hydrogen-bond acceptors (Lipinski definition) is 3. The monoisotopic (exact) mass is 210 g/mol. The summed E-state index contributed by atoms with van der Waals surface area (Å²) < 4.78 is 0. The Morgan fingerprint density at radius 2 is 1.88 bits per heavy atom. The molecule has 0 atom stereocenters. The third-order valence-electron chi connectivity index (χ3n) is 2.08. The van der Waals surface area contributed by atoms with Crippen LogP contribution in [0.25, 0.3) is 17.5 Å². The van der Waals surface area contributed by atoms with E-state index in [-0.39, 0.29) is 0 Å². The highest BCUT2D eigenvalue weighted by atomic mass is 16.1. The number of carbonyl (C=O) groups is 1. The molecule has 3 nitrogen and oxygen atoms in total. The van der Waals surface area contributed by atoms with Crippen molar-refractivity contribution < 1.29 is 4.79 Å². The molecule has 1 aromatic carbocycles. The summed E-state index contributed by atoms with van der Waals surface area (Å²) in [4.78, 5) is 18.6. The first-order chi connectivity index (χ1) is 7.90. The van der Waals surface area contributed by atoms with Gasteiger partial charge in [-0.15, -0.1) is 0 Å². The van der Waals surface area contributed by atoms with Gasteiger partial charge < -0.3 is 0 Å². The van der Waals surface area contributed by atoms with Crippen molar-refractivity contribution in [3.8, 4) is 11.4 Å². The van der Waals surface area contributed by atoms with Gasteiger partial charge in [0.15, 0.2) is 5.82 Å². The molecule has 2 rings (SSSR count). The maximum Gasteiger partial charge on any atom is 0.159 e. The number of rotatable bonds is 3. The minimum atomic E-state index is 0.684. The van der Waals surface area contributed by atoms with Gasteiger partial charge in [-0.2, -0.15) is 0 Å². The fourth-order valence-corrected chi connectivity index (χ4v) is 1.38. The first kappa shape index (κ1) is 10.2. The molecule has 1 heterocycles. The number of aldehydes is 1. The van der Waals surface area contributed by atoms with Crippen molar-refractivity contribution in [3.63, 3.8) is 0 Å². The van der Waals surface area contributed by atoms with E-state index >= 15 is 0 Å². The Morgan fingerprint density at radius 3 is 2.62 bits per heavy atom. The Balaban J connectivity index is 2.36. The number of allylic oxidation sites excluding steroid dienone is 1. The largest absolute Gasteiger partial charge is 0.299 e. The Hall–Kier alpha value is -2.29. The molecule has 0 bridgehead atoms. The first-order valence-electron chi connectivity index (χ1n) is 4.89. The summed E-state index contributed by atoms with van der Waals surface area (Å²) in [6, 6.07) is 9.49. The molecule has 0 spiro atoms. The molecule has 0 unspecified atom stereocenters. The standard InChI is InChI=1S/C13H10N2O/c16-9-2-5-11-4-1-6-12(10-11)13-14-7-3-8-15-13/h1-10H/b5-2+. The molecule has 0 saturated carbocycles. The highest BCUT2D eigenvalue weighted by Crippen LogP contribution is 2.16. The van der Waals surface area contributed by atoms with Crippen LogP contribution in [0.4, 0.5) is 0 Å². The second-order valence-corrected chi connectivity index (χ2v) is 3.19. The molecule has 78 valence electrons. The van der Waals surface area contributed by atoms with E-state index in [1.807, 2.05) is 24.3 Å². The smallest absolute Gasteiger partial charge is 0.159 e. The van der Waals surface area contributed by atoms with Gasteiger partial charge in [-0.25, -0.2) is 9.97 Å². The molecule has 3 heteroatoms. The lowest BCUT2D eigenvalue weighted by Crippen LogP contribution is -1.86. The third kappa shape index (κ3) is 2.39. The van der Waals surface area contributed by atoms with Crippen LogP contribution in [0.1, 0.15) is 5.56 Å². The van der Waals surface area contributed by atoms with Crippen molar-refractivity contribution in [2.75, 3.05) is 0 Å². The average molecular weight is 210 g/mol. The van der Waals surface area contributed by atoms with Gasteiger partial charge in [0.25, 0.3) is 0 Å². The third-order valence-corrected chi connectivity index (χ3v) is 2.08. The van der Waals surface area contributed by atoms with Crippen LogP contribution in [-0.4, -0.2) is 16.3 Å². The zero-order chi connectivity index (χ0) is 11.2. The van der Waals surface area contributed by atoms with Gasteiger partial charge in [0, 0.05) is 18.0 Å². The normalized spacial score (nSPS) is 10.5. The number of aromatic nitrogens is 2. The summed E-state index contributed by atoms with van der Waals surface area (Å²) >= 11 is 0. The van der Waals surface area contributed by atoms with Crippen molar-refractivity contribution in [2.24, 2.45) is 0 Å². The van der Waals surface area contributed by atoms with Crippen LogP contribution in [0, 0.1) is 0 Å². The van der Waals surface area contributed by atoms with Crippen LogP contribution in [0.3, 0.4) is 0 Å². The van der Waals surface area contributed by atoms with Crippen LogP contribution < -0.4 is 0 Å². The maximum atomic E-state index is 10.2. The SMILES string of the molecule is O=C/C=C/c1cccc(-c2ncccn2)c1. The molecular formula is C13H10N2O. The van der Waals surface area contributed by atoms with Gasteiger partial charge in [-0.3, -0.25) is 4.79 Å². The fraction of sp³-hybridized carbons (Fsp3) is 0. The van der Waals surface area contributed by atoms with Crippen molar-refractivity contribution >= 4 is 12.4 Å². The van der Waals surface area contributed by atoms with Crippen LogP contribution in [0.5, 0.6) is 0 Å². The number of benzene rings is 1. The van der Waals surface area contributed by atoms with Gasteiger partial charge in [-0.1, -0.05) is 24.3 Å². The minimum Gasteiger partial charge on any atom is -0.299 e. The molecule has 0 aliphatic heterocycles. The Morgan fingerprint density at radius 1 is 1.06 bits per heavy atom. The van der Waals surface area contributed by atoms with E-state index in [1.165, 1.54) is 6.08 Å². The van der Waals surface area contributed by atoms with Gasteiger partial charge in [0.2, 0.25) is 0 Å². The van der Waals surface area contributed by atoms with Gasteiger partial charge in [0.05, 0.1) is 0 Å². The molecule has 0 fully saturated rings. The van der Waals surface area contributed by atoms with Gasteiger partial charge in [-0.05, 0) is 23.8 Å². The van der Waals surface area contributed by atoms with E-state index in [4.69, 9.17) is 0 Å². The molecule has 1 aromatic heterocycles. The minimum absolute atomic E-state index is 0.684. The highest BCUT2D eigenvalue weighted by Gasteiger charge is 1.99. The van der Waals surface area contributed by atoms with Crippen LogP contribution >= 0.6 is 0 Å². The van der Waals surface area contributed by atoms with E-state index < -0.39 is 0 Å². The number of hydrogen-bond donors (Lipinski definition) is 0. The molecule has 0 saturated heterocycles. The van der Waals surface area contributed by atoms with Gasteiger partial charge in [0.1, 0.15) is 6.29 Å². The van der Waals surface area contributed by atoms with E-state index in [2.05, 4.69) is 9.97 Å². The van der Waals surface area contributed by atoms with Crippen molar-refractivity contribution in [2.45, 2.75) is 0 Å². The lowest BCUT2D eigenvalue weighted by Gasteiger charge is -2.00. The Bertz CT molecular complexity index is 506. The maximum absolute atomic E-state index is 10.2. The highest BCUT2D eigenvalue weighted by molar-refractivity contribution is 5.74. The van der Waals surface area contributed by atoms with Crippen LogP contribution in [0.2, 0.25) is 0 Å². The summed E-state index contributed by atoms with van der Waals surface area (Å²) in [7, 11) is 0. The zero-order valence-corrected chi connectivity index (χ0v) is 8.58. The second-order valence-electron chi connectivity index (χ2n) is 3.19. The van der Waals surface area contributed by atoms with Crippen molar-refractivity contribution in [1.29, 1.82) is 0 Å². The van der Waals surface area contributed by atoms with E-state index in [9.17, 15) is 4.79 Å². The Kier molecular flexibility index (Phi) is 3.18. The summed E-state index contributed by atoms with van der Waals surface area (Å²) in [5.74, 6) is 0.684. The quantitative estimate of drug-likeness (QED) is 0.577. The summed E-state index contributed by atoms with van der Waals surface area (Å²) in [5.41, 5.74) is 1.89. The molecule has 0 aliphatic carbocycles. The van der Waals surface area contributed by atoms with Crippen LogP contribution in [-0.2, 0) is 4.79 Å². The van der Waals surface area contributed by atoms with Crippen LogP contribution in [0.15, 0.2) is 48.8 Å². The molecule has 0 amide bonds. The van der Waals surface area contributed by atoms with Crippen molar-refractivity contribution in [3.05, 3.63) is 54.4 Å². The van der Waals surface area contributed by atoms with Gasteiger partial charge >= 0.3 is 0 Å². The Labute approximate surface area is 93.5 Å². The number of nitrogens with zero attached hydrogens (tertiary/aromatic N) is 2. The average Bonchev–Trinajstić information content (AvgIpc) is 2.38. The molecule has 0 aliphatic rings. The van der Waals surface area contributed by atoms with E-state index in [1.54, 1.807) is 24.5 Å². The lowest BCUT2D eigenvalue weighted by atomic mass is 10.1. The van der Waals surface area contributed by atoms with E-state index in [0.717, 1.165) is 17.4 Å². The summed E-state index contributed by atoms with van der Waals surface area (Å²) in [6.45, 7) is 0. The van der Waals surface area contributed by atoms with E-state index in [0.29, 0.717) is 5.82 Å². The molecule has 16 heavy (non-hydrogen) atoms. The first-order valence-corrected chi connectivity index (χ1v) is 4.89. The fourth-order valence-electron chi connectivity index (χ4n) is 1.38. The molecular weight excluding hydrogens is 200 g/mol. The van der Waals surface area contributed by atoms with Crippen molar-refractivity contribution in [1.82, 2.24) is 9.97 Å². The molecule has 0 radical (unpaired) electrons. The second kappa shape index (κ2) is 4.98.